The van der Waals surface area contributed by atoms with Gasteiger partial charge in [-0.15, -0.1) is 0 Å². The van der Waals surface area contributed by atoms with Gasteiger partial charge in [0, 0.05) is 40.9 Å². The zero-order valence-electron chi connectivity index (χ0n) is 37.6. The Balaban J connectivity index is 1.07. The van der Waals surface area contributed by atoms with Crippen LogP contribution in [0.1, 0.15) is 143 Å². The van der Waals surface area contributed by atoms with Gasteiger partial charge < -0.3 is 26.2 Å². The average Bonchev–Trinajstić information content (AvgIpc) is 3.46. The summed E-state index contributed by atoms with van der Waals surface area (Å²) in [6.07, 6.45) is 9.32. The number of hydrogen-bond acceptors (Lipinski definition) is 7. The average molecular weight is 853 g/mol. The minimum Gasteiger partial charge on any atom is -0.481 e. The van der Waals surface area contributed by atoms with Crippen LogP contribution in [-0.2, 0) is 19.1 Å². The van der Waals surface area contributed by atoms with Crippen LogP contribution in [-0.4, -0.2) is 60.3 Å². The number of ether oxygens (including phenoxy) is 1. The SMILES string of the molecule is CC(C)C1=C2[C@H]3CC[C@@H]4[C@@]5(C)CC[C@H](OC(=O)[C@H]6C[C@@H](C(=O)O)C6(C)C)C(C)(C)[C@@H]5CC[C@@]4(C)[C@]3(C)CC[C@@]2(CCNCC(F)(CN)NC(=O)c2ccc(Cl)cc2)CC1=O. The molecule has 5 N–H and O–H groups in total. The van der Waals surface area contributed by atoms with E-state index in [4.69, 9.17) is 22.1 Å². The Morgan fingerprint density at radius 3 is 2.22 bits per heavy atom. The number of halogens is 2. The molecule has 6 aliphatic rings. The smallest absolute Gasteiger partial charge is 0.309 e. The Bertz CT molecular complexity index is 1930. The molecule has 60 heavy (non-hydrogen) atoms. The Morgan fingerprint density at radius 1 is 0.917 bits per heavy atom. The molecule has 9 nitrogen and oxygen atoms in total. The van der Waals surface area contributed by atoms with E-state index in [1.807, 2.05) is 13.8 Å². The number of Topliss-reactive ketones (excluding diaryl/α,β-unsaturated/α-hetero) is 1. The molecule has 0 aliphatic heterocycles. The molecule has 0 spiro atoms. The molecule has 11 atom stereocenters. The van der Waals surface area contributed by atoms with E-state index in [-0.39, 0.29) is 69.9 Å². The molecule has 11 heteroatoms. The maximum absolute atomic E-state index is 16.0. The van der Waals surface area contributed by atoms with Gasteiger partial charge in [0.1, 0.15) is 6.10 Å². The lowest BCUT2D eigenvalue weighted by Gasteiger charge is -2.72. The molecule has 0 radical (unpaired) electrons. The fraction of sp³-hybridized carbons (Fsp3) is 0.755. The summed E-state index contributed by atoms with van der Waals surface area (Å²) >= 11 is 5.98. The minimum atomic E-state index is -2.15. The third-order valence-electron chi connectivity index (χ3n) is 18.6. The van der Waals surface area contributed by atoms with Crippen molar-refractivity contribution in [1.82, 2.24) is 10.6 Å². The Labute approximate surface area is 362 Å². The molecular formula is C49H71ClFN3O6. The highest BCUT2D eigenvalue weighted by Crippen LogP contribution is 2.77. The second kappa shape index (κ2) is 15.5. The number of aliphatic carboxylic acids is 1. The molecule has 0 bridgehead atoms. The van der Waals surface area contributed by atoms with Gasteiger partial charge in [-0.05, 0) is 146 Å². The number of hydrogen-bond donors (Lipinski definition) is 4. The number of esters is 1. The number of benzene rings is 1. The third kappa shape index (κ3) is 6.99. The van der Waals surface area contributed by atoms with E-state index in [9.17, 15) is 24.3 Å². The van der Waals surface area contributed by atoms with Gasteiger partial charge in [0.2, 0.25) is 5.79 Å². The lowest BCUT2D eigenvalue weighted by Crippen LogP contribution is -2.66. The van der Waals surface area contributed by atoms with Crippen molar-refractivity contribution in [3.05, 3.63) is 46.0 Å². The second-order valence-electron chi connectivity index (χ2n) is 22.3. The van der Waals surface area contributed by atoms with Crippen LogP contribution in [0.25, 0.3) is 0 Å². The predicted molar refractivity (Wildman–Crippen MR) is 232 cm³/mol. The molecule has 5 saturated carbocycles. The molecule has 1 amide bonds. The van der Waals surface area contributed by atoms with Gasteiger partial charge in [0.15, 0.2) is 5.78 Å². The van der Waals surface area contributed by atoms with Crippen LogP contribution in [0.2, 0.25) is 5.02 Å². The number of carboxylic acid groups (broad SMARTS) is 1. The van der Waals surface area contributed by atoms with E-state index in [2.05, 4.69) is 59.1 Å². The zero-order valence-corrected chi connectivity index (χ0v) is 38.3. The van der Waals surface area contributed by atoms with Crippen molar-refractivity contribution in [2.24, 2.45) is 73.7 Å². The van der Waals surface area contributed by atoms with Gasteiger partial charge in [-0.2, -0.15) is 0 Å². The number of carbonyl (C=O) groups is 4. The van der Waals surface area contributed by atoms with E-state index in [1.54, 1.807) is 24.3 Å². The van der Waals surface area contributed by atoms with Gasteiger partial charge in [-0.25, -0.2) is 4.39 Å². The molecule has 0 aromatic heterocycles. The molecule has 7 rings (SSSR count). The summed E-state index contributed by atoms with van der Waals surface area (Å²) in [6, 6.07) is 6.29. The van der Waals surface area contributed by atoms with Gasteiger partial charge in [-0.1, -0.05) is 79.5 Å². The number of nitrogens with one attached hydrogen (secondary N) is 2. The second-order valence-corrected chi connectivity index (χ2v) is 22.8. The van der Waals surface area contributed by atoms with Gasteiger partial charge in [0.05, 0.1) is 11.8 Å². The van der Waals surface area contributed by atoms with E-state index in [1.165, 1.54) is 5.57 Å². The highest BCUT2D eigenvalue weighted by molar-refractivity contribution is 6.30. The molecule has 1 aromatic carbocycles. The van der Waals surface area contributed by atoms with Crippen LogP contribution < -0.4 is 16.4 Å². The number of carbonyl (C=O) groups excluding carboxylic acids is 3. The summed E-state index contributed by atoms with van der Waals surface area (Å²) < 4.78 is 22.4. The molecule has 5 fully saturated rings. The minimum absolute atomic E-state index is 0.00947. The quantitative estimate of drug-likeness (QED) is 0.0925. The number of alkyl halides is 1. The number of carboxylic acids is 1. The summed E-state index contributed by atoms with van der Waals surface area (Å²) in [4.78, 5) is 52.5. The first kappa shape index (κ1) is 45.2. The normalized spacial score (nSPS) is 38.7. The highest BCUT2D eigenvalue weighted by Gasteiger charge is 2.70. The van der Waals surface area contributed by atoms with Crippen LogP contribution in [0.4, 0.5) is 4.39 Å². The maximum Gasteiger partial charge on any atom is 0.309 e. The fourth-order valence-electron chi connectivity index (χ4n) is 14.9. The Kier molecular flexibility index (Phi) is 11.7. The summed E-state index contributed by atoms with van der Waals surface area (Å²) in [7, 11) is 0. The molecule has 332 valence electrons. The summed E-state index contributed by atoms with van der Waals surface area (Å²) in [5.41, 5.74) is 7.54. The van der Waals surface area contributed by atoms with Crippen LogP contribution >= 0.6 is 11.6 Å². The van der Waals surface area contributed by atoms with Crippen molar-refractivity contribution in [2.45, 2.75) is 145 Å². The van der Waals surface area contributed by atoms with Crippen LogP contribution in [0.3, 0.4) is 0 Å². The fourth-order valence-corrected chi connectivity index (χ4v) is 15.0. The van der Waals surface area contributed by atoms with Crippen LogP contribution in [0, 0.1) is 68.0 Å². The summed E-state index contributed by atoms with van der Waals surface area (Å²) in [5.74, 6) is -3.20. The lowest BCUT2D eigenvalue weighted by atomic mass is 9.33. The van der Waals surface area contributed by atoms with E-state index >= 15 is 4.39 Å². The number of fused-ring (bicyclic) bond motifs is 7. The highest BCUT2D eigenvalue weighted by atomic mass is 35.5. The van der Waals surface area contributed by atoms with Crippen molar-refractivity contribution >= 4 is 35.2 Å². The first-order valence-corrected chi connectivity index (χ1v) is 23.2. The lowest BCUT2D eigenvalue weighted by molar-refractivity contribution is -0.236. The number of rotatable bonds is 12. The largest absolute Gasteiger partial charge is 0.481 e. The maximum atomic E-state index is 16.0. The molecule has 1 unspecified atom stereocenters. The zero-order chi connectivity index (χ0) is 44.0. The van der Waals surface area contributed by atoms with Crippen molar-refractivity contribution in [3.8, 4) is 0 Å². The molecular weight excluding hydrogens is 781 g/mol. The monoisotopic (exact) mass is 852 g/mol. The summed E-state index contributed by atoms with van der Waals surface area (Å²) in [5, 5.41) is 15.9. The van der Waals surface area contributed by atoms with E-state index in [0.29, 0.717) is 48.2 Å². The van der Waals surface area contributed by atoms with E-state index < -0.39 is 34.9 Å². The van der Waals surface area contributed by atoms with Crippen molar-refractivity contribution in [1.29, 1.82) is 0 Å². The molecule has 1 aromatic rings. The number of allylic oxidation sites excluding steroid dienone is 2. The van der Waals surface area contributed by atoms with Gasteiger partial charge in [-0.3, -0.25) is 19.2 Å². The molecule has 0 heterocycles. The predicted octanol–water partition coefficient (Wildman–Crippen LogP) is 9.31. The topological polar surface area (TPSA) is 148 Å². The van der Waals surface area contributed by atoms with Crippen molar-refractivity contribution in [2.75, 3.05) is 19.6 Å². The summed E-state index contributed by atoms with van der Waals surface area (Å²) in [6.45, 7) is 20.3. The van der Waals surface area contributed by atoms with Crippen LogP contribution in [0.15, 0.2) is 35.4 Å². The molecule has 6 aliphatic carbocycles. The van der Waals surface area contributed by atoms with Gasteiger partial charge >= 0.3 is 11.9 Å². The number of amides is 1. The molecule has 0 saturated heterocycles. The van der Waals surface area contributed by atoms with Crippen molar-refractivity contribution in [3.63, 3.8) is 0 Å². The van der Waals surface area contributed by atoms with Gasteiger partial charge in [0.25, 0.3) is 5.91 Å². The van der Waals surface area contributed by atoms with E-state index in [0.717, 1.165) is 56.9 Å². The first-order chi connectivity index (χ1) is 27.9. The van der Waals surface area contributed by atoms with Crippen LogP contribution in [0.5, 0.6) is 0 Å². The first-order valence-electron chi connectivity index (χ1n) is 22.8. The standard InChI is InChI=1S/C49H71ClFN3O6/c1-28(2)38-34(55)25-48(22-23-53-27-49(51,26-52)54-40(56)29-10-12-30(50)13-11-29)21-20-46(8)31(39(38)48)14-15-36-45(7)18-17-37(44(5,6)35(45)16-19-47(36,46)9)60-42(59)33-24-32(41(57)58)43(33,3)4/h10-13,28,31-33,35-37,53H,14-27,52H2,1-9H3,(H,54,56)(H,57,58)/t31-,32+,33-,35+,36-,37+,45+,46-,47-,48-,49?/m1/s1. The Hall–Kier alpha value is -2.82. The van der Waals surface area contributed by atoms with Crippen molar-refractivity contribution < 1.29 is 33.4 Å². The third-order valence-corrected chi connectivity index (χ3v) is 18.8. The number of ketones is 1. The number of nitrogens with two attached hydrogens (primary N) is 1. The Morgan fingerprint density at radius 2 is 1.60 bits per heavy atom.